The molecule has 1 N–H and O–H groups in total. The normalized spacial score (nSPS) is 13.9. The fourth-order valence-corrected chi connectivity index (χ4v) is 3.95. The van der Waals surface area contributed by atoms with Crippen molar-refractivity contribution in [2.45, 2.75) is 46.1 Å². The smallest absolute Gasteiger partial charge is 0.119 e. The van der Waals surface area contributed by atoms with Gasteiger partial charge < -0.3 is 15.0 Å². The number of aryl methyl sites for hydroxylation is 3. The number of alkyl halides is 1. The molecule has 3 rings (SSSR count). The van der Waals surface area contributed by atoms with E-state index in [4.69, 9.17) is 4.74 Å². The highest BCUT2D eigenvalue weighted by Crippen LogP contribution is 2.31. The number of benzene rings is 2. The standard InChI is InChI=1S/C23H31FN2O/c1-17-13-21(14-18(2)23(17)25-3)26-11-6-7-19-15-22(9-8-20(19)16-26)27-12-5-4-10-24/h8-9,13-15,25H,4-7,10-12,16H2,1-3H3. The van der Waals surface area contributed by atoms with E-state index in [-0.39, 0.29) is 6.67 Å². The molecule has 0 fully saturated rings. The van der Waals surface area contributed by atoms with E-state index in [0.29, 0.717) is 13.0 Å². The number of nitrogens with zero attached hydrogens (tertiary/aromatic N) is 1. The highest BCUT2D eigenvalue weighted by atomic mass is 19.1. The van der Waals surface area contributed by atoms with E-state index >= 15 is 0 Å². The fraction of sp³-hybridized carbons (Fsp3) is 0.478. The first kappa shape index (κ1) is 19.5. The van der Waals surface area contributed by atoms with Crippen LogP contribution in [0, 0.1) is 13.8 Å². The lowest BCUT2D eigenvalue weighted by Crippen LogP contribution is -2.22. The largest absolute Gasteiger partial charge is 0.494 e. The van der Waals surface area contributed by atoms with E-state index in [1.165, 1.54) is 33.6 Å². The number of ether oxygens (including phenoxy) is 1. The van der Waals surface area contributed by atoms with Crippen molar-refractivity contribution in [2.75, 3.05) is 37.1 Å². The molecule has 3 nitrogen and oxygen atoms in total. The molecule has 0 atom stereocenters. The van der Waals surface area contributed by atoms with Gasteiger partial charge in [0, 0.05) is 31.5 Å². The molecule has 0 aromatic heterocycles. The first-order chi connectivity index (χ1) is 13.1. The minimum absolute atomic E-state index is 0.266. The number of anilines is 2. The molecule has 27 heavy (non-hydrogen) atoms. The van der Waals surface area contributed by atoms with Gasteiger partial charge in [0.1, 0.15) is 5.75 Å². The number of rotatable bonds is 7. The first-order valence-electron chi connectivity index (χ1n) is 9.97. The fourth-order valence-electron chi connectivity index (χ4n) is 3.95. The summed E-state index contributed by atoms with van der Waals surface area (Å²) in [6.45, 7) is 6.64. The number of hydrogen-bond donors (Lipinski definition) is 1. The van der Waals surface area contributed by atoms with Crippen molar-refractivity contribution < 1.29 is 9.13 Å². The molecular formula is C23H31FN2O. The summed E-state index contributed by atoms with van der Waals surface area (Å²) in [5, 5.41) is 3.30. The maximum Gasteiger partial charge on any atom is 0.119 e. The van der Waals surface area contributed by atoms with E-state index in [9.17, 15) is 4.39 Å². The molecule has 1 aliphatic heterocycles. The summed E-state index contributed by atoms with van der Waals surface area (Å²) in [4.78, 5) is 2.48. The Bertz CT molecular complexity index is 752. The lowest BCUT2D eigenvalue weighted by atomic mass is 10.0. The van der Waals surface area contributed by atoms with Crippen LogP contribution in [-0.2, 0) is 13.0 Å². The summed E-state index contributed by atoms with van der Waals surface area (Å²) in [6.07, 6.45) is 3.54. The molecule has 0 spiro atoms. The third kappa shape index (κ3) is 4.74. The summed E-state index contributed by atoms with van der Waals surface area (Å²) in [5.41, 5.74) is 7.84. The quantitative estimate of drug-likeness (QED) is 0.658. The summed E-state index contributed by atoms with van der Waals surface area (Å²) in [5.74, 6) is 0.908. The van der Waals surface area contributed by atoms with Crippen LogP contribution in [0.15, 0.2) is 30.3 Å². The van der Waals surface area contributed by atoms with Crippen LogP contribution < -0.4 is 15.0 Å². The average Bonchev–Trinajstić information content (AvgIpc) is 2.87. The SMILES string of the molecule is CNc1c(C)cc(N2CCCc3cc(OCCCCF)ccc3C2)cc1C. The van der Waals surface area contributed by atoms with Gasteiger partial charge in [0.15, 0.2) is 0 Å². The molecule has 0 radical (unpaired) electrons. The predicted molar refractivity (Wildman–Crippen MR) is 112 cm³/mol. The molecule has 1 heterocycles. The van der Waals surface area contributed by atoms with Gasteiger partial charge in [0.25, 0.3) is 0 Å². The van der Waals surface area contributed by atoms with Crippen LogP contribution in [0.4, 0.5) is 15.8 Å². The van der Waals surface area contributed by atoms with Gasteiger partial charge in [-0.15, -0.1) is 0 Å². The summed E-state index contributed by atoms with van der Waals surface area (Å²) >= 11 is 0. The van der Waals surface area contributed by atoms with Crippen molar-refractivity contribution in [3.05, 3.63) is 52.6 Å². The van der Waals surface area contributed by atoms with Crippen LogP contribution in [0.3, 0.4) is 0 Å². The van der Waals surface area contributed by atoms with Crippen LogP contribution in [-0.4, -0.2) is 26.9 Å². The van der Waals surface area contributed by atoms with Crippen LogP contribution in [0.1, 0.15) is 41.5 Å². The van der Waals surface area contributed by atoms with Gasteiger partial charge in [-0.1, -0.05) is 6.07 Å². The molecule has 0 saturated carbocycles. The number of halogens is 1. The highest BCUT2D eigenvalue weighted by molar-refractivity contribution is 5.65. The molecular weight excluding hydrogens is 339 g/mol. The minimum atomic E-state index is -0.266. The van der Waals surface area contributed by atoms with Crippen LogP contribution in [0.2, 0.25) is 0 Å². The van der Waals surface area contributed by atoms with Crippen LogP contribution in [0.25, 0.3) is 0 Å². The van der Waals surface area contributed by atoms with E-state index in [1.54, 1.807) is 0 Å². The second kappa shape index (κ2) is 9.12. The Kier molecular flexibility index (Phi) is 6.59. The van der Waals surface area contributed by atoms with Gasteiger partial charge in [-0.25, -0.2) is 0 Å². The van der Waals surface area contributed by atoms with Crippen molar-refractivity contribution in [3.63, 3.8) is 0 Å². The predicted octanol–water partition coefficient (Wildman–Crippen LogP) is 5.43. The molecule has 0 amide bonds. The second-order valence-corrected chi connectivity index (χ2v) is 7.40. The molecule has 4 heteroatoms. The monoisotopic (exact) mass is 370 g/mol. The Hall–Kier alpha value is -2.23. The lowest BCUT2D eigenvalue weighted by molar-refractivity contribution is 0.297. The molecule has 0 saturated heterocycles. The maximum absolute atomic E-state index is 12.2. The zero-order valence-electron chi connectivity index (χ0n) is 16.8. The molecule has 0 unspecified atom stereocenters. The third-order valence-corrected chi connectivity index (χ3v) is 5.34. The molecule has 1 aliphatic rings. The Balaban J connectivity index is 1.75. The van der Waals surface area contributed by atoms with Gasteiger partial charge in [-0.2, -0.15) is 0 Å². The Morgan fingerprint density at radius 1 is 1.07 bits per heavy atom. The van der Waals surface area contributed by atoms with Gasteiger partial charge in [-0.05, 0) is 86.1 Å². The molecule has 0 bridgehead atoms. The lowest BCUT2D eigenvalue weighted by Gasteiger charge is -2.25. The average molecular weight is 371 g/mol. The number of unbranched alkanes of at least 4 members (excludes halogenated alkanes) is 1. The summed E-state index contributed by atoms with van der Waals surface area (Å²) < 4.78 is 18.0. The number of hydrogen-bond acceptors (Lipinski definition) is 3. The van der Waals surface area contributed by atoms with E-state index in [2.05, 4.69) is 54.4 Å². The third-order valence-electron chi connectivity index (χ3n) is 5.34. The summed E-state index contributed by atoms with van der Waals surface area (Å²) in [6, 6.07) is 11.0. The first-order valence-corrected chi connectivity index (χ1v) is 9.97. The van der Waals surface area contributed by atoms with Crippen LogP contribution in [0.5, 0.6) is 5.75 Å². The van der Waals surface area contributed by atoms with Crippen molar-refractivity contribution in [2.24, 2.45) is 0 Å². The van der Waals surface area contributed by atoms with E-state index in [1.807, 2.05) is 7.05 Å². The second-order valence-electron chi connectivity index (χ2n) is 7.40. The topological polar surface area (TPSA) is 24.5 Å². The molecule has 146 valence electrons. The van der Waals surface area contributed by atoms with Crippen molar-refractivity contribution in [1.29, 1.82) is 0 Å². The van der Waals surface area contributed by atoms with Crippen molar-refractivity contribution >= 4 is 11.4 Å². The van der Waals surface area contributed by atoms with Crippen LogP contribution >= 0.6 is 0 Å². The van der Waals surface area contributed by atoms with Gasteiger partial charge in [-0.3, -0.25) is 4.39 Å². The zero-order chi connectivity index (χ0) is 19.2. The highest BCUT2D eigenvalue weighted by Gasteiger charge is 2.17. The van der Waals surface area contributed by atoms with Crippen molar-refractivity contribution in [1.82, 2.24) is 0 Å². The molecule has 2 aromatic rings. The maximum atomic E-state index is 12.2. The van der Waals surface area contributed by atoms with Gasteiger partial charge in [0.2, 0.25) is 0 Å². The molecule has 0 aliphatic carbocycles. The Labute approximate surface area is 162 Å². The van der Waals surface area contributed by atoms with Crippen molar-refractivity contribution in [3.8, 4) is 5.75 Å². The van der Waals surface area contributed by atoms with E-state index in [0.717, 1.165) is 38.1 Å². The summed E-state index contributed by atoms with van der Waals surface area (Å²) in [7, 11) is 1.98. The van der Waals surface area contributed by atoms with Gasteiger partial charge >= 0.3 is 0 Å². The number of nitrogens with one attached hydrogen (secondary N) is 1. The Morgan fingerprint density at radius 2 is 1.85 bits per heavy atom. The van der Waals surface area contributed by atoms with Gasteiger partial charge in [0.05, 0.1) is 13.3 Å². The number of fused-ring (bicyclic) bond motifs is 1. The van der Waals surface area contributed by atoms with E-state index < -0.39 is 0 Å². The zero-order valence-corrected chi connectivity index (χ0v) is 16.8. The molecule has 2 aromatic carbocycles. The minimum Gasteiger partial charge on any atom is -0.494 e. The Morgan fingerprint density at radius 3 is 2.56 bits per heavy atom.